The molecule has 0 aliphatic carbocycles. The minimum absolute atomic E-state index is 0.00430. The molecule has 0 saturated heterocycles. The van der Waals surface area contributed by atoms with E-state index in [1.807, 2.05) is 0 Å². The number of aryl methyl sites for hydroxylation is 2. The van der Waals surface area contributed by atoms with Crippen LogP contribution in [0.2, 0.25) is 0 Å². The van der Waals surface area contributed by atoms with E-state index in [4.69, 9.17) is 0 Å². The zero-order chi connectivity index (χ0) is 12.6. The van der Waals surface area contributed by atoms with E-state index in [0.717, 1.165) is 5.69 Å². The lowest BCUT2D eigenvalue weighted by Gasteiger charge is -2.02. The zero-order valence-electron chi connectivity index (χ0n) is 8.97. The standard InChI is InChI=1S/C8H9N3O3S3/c1-4-3-15-7(9-4)11-17(13,14)6-5(2)10-8(12)16-6/h3H,1-2H3,(H,9,11)(H,10,12). The SMILES string of the molecule is Cc1csc(NS(=O)(=O)c2sc(=O)[nH]c2C)n1. The summed E-state index contributed by atoms with van der Waals surface area (Å²) in [7, 11) is -3.72. The predicted molar refractivity (Wildman–Crippen MR) is 67.3 cm³/mol. The number of hydrogen-bond donors (Lipinski definition) is 2. The second-order valence-electron chi connectivity index (χ2n) is 3.33. The third kappa shape index (κ3) is 2.56. The van der Waals surface area contributed by atoms with Gasteiger partial charge in [-0.05, 0) is 13.8 Å². The Balaban J connectivity index is 2.37. The van der Waals surface area contributed by atoms with Gasteiger partial charge in [-0.15, -0.1) is 11.3 Å². The molecule has 2 heterocycles. The fourth-order valence-corrected chi connectivity index (χ4v) is 4.45. The van der Waals surface area contributed by atoms with Crippen molar-refractivity contribution < 1.29 is 8.42 Å². The normalized spacial score (nSPS) is 11.6. The Morgan fingerprint density at radius 3 is 2.59 bits per heavy atom. The maximum Gasteiger partial charge on any atom is 0.306 e. The molecule has 2 aromatic heterocycles. The number of nitrogens with zero attached hydrogens (tertiary/aromatic N) is 1. The Labute approximate surface area is 105 Å². The Morgan fingerprint density at radius 1 is 1.41 bits per heavy atom. The van der Waals surface area contributed by atoms with E-state index in [9.17, 15) is 13.2 Å². The van der Waals surface area contributed by atoms with Crippen LogP contribution in [-0.2, 0) is 10.0 Å². The summed E-state index contributed by atoms with van der Waals surface area (Å²) in [4.78, 5) is 17.1. The molecule has 0 radical (unpaired) electrons. The quantitative estimate of drug-likeness (QED) is 0.892. The molecule has 6 nitrogen and oxygen atoms in total. The van der Waals surface area contributed by atoms with Crippen LogP contribution in [-0.4, -0.2) is 18.4 Å². The summed E-state index contributed by atoms with van der Waals surface area (Å²) in [5.74, 6) is 0. The molecule has 2 aromatic rings. The van der Waals surface area contributed by atoms with Crippen molar-refractivity contribution in [2.45, 2.75) is 18.1 Å². The molecule has 0 bridgehead atoms. The molecule has 17 heavy (non-hydrogen) atoms. The van der Waals surface area contributed by atoms with Gasteiger partial charge in [0.15, 0.2) is 9.34 Å². The summed E-state index contributed by atoms with van der Waals surface area (Å²) in [6, 6.07) is 0. The smallest absolute Gasteiger partial charge is 0.306 e. The van der Waals surface area contributed by atoms with Gasteiger partial charge in [-0.25, -0.2) is 13.4 Å². The number of H-pyrrole nitrogens is 1. The molecule has 2 rings (SSSR count). The summed E-state index contributed by atoms with van der Waals surface area (Å²) in [5.41, 5.74) is 1.08. The number of hydrogen-bond acceptors (Lipinski definition) is 6. The molecule has 0 unspecified atom stereocenters. The Morgan fingerprint density at radius 2 is 2.12 bits per heavy atom. The Hall–Kier alpha value is -1.19. The topological polar surface area (TPSA) is 91.9 Å². The van der Waals surface area contributed by atoms with E-state index in [0.29, 0.717) is 22.2 Å². The lowest BCUT2D eigenvalue weighted by molar-refractivity contribution is 0.602. The van der Waals surface area contributed by atoms with Crippen LogP contribution in [0.3, 0.4) is 0 Å². The highest BCUT2D eigenvalue weighted by Gasteiger charge is 2.21. The summed E-state index contributed by atoms with van der Waals surface area (Å²) in [6.45, 7) is 3.31. The molecule has 0 saturated carbocycles. The van der Waals surface area contributed by atoms with Crippen molar-refractivity contribution in [3.05, 3.63) is 26.4 Å². The van der Waals surface area contributed by atoms with E-state index >= 15 is 0 Å². The van der Waals surface area contributed by atoms with Crippen LogP contribution in [0.1, 0.15) is 11.4 Å². The molecule has 0 aliphatic rings. The van der Waals surface area contributed by atoms with E-state index in [1.54, 1.807) is 19.2 Å². The van der Waals surface area contributed by atoms with E-state index in [-0.39, 0.29) is 4.21 Å². The number of aromatic nitrogens is 2. The third-order valence-electron chi connectivity index (χ3n) is 1.87. The molecule has 92 valence electrons. The average molecular weight is 291 g/mol. The zero-order valence-corrected chi connectivity index (χ0v) is 11.4. The second-order valence-corrected chi connectivity index (χ2v) is 7.05. The molecule has 0 spiro atoms. The monoisotopic (exact) mass is 291 g/mol. The molecule has 0 aliphatic heterocycles. The highest BCUT2D eigenvalue weighted by Crippen LogP contribution is 2.22. The molecule has 0 atom stereocenters. The Bertz CT molecular complexity index is 695. The number of thiazole rings is 2. The summed E-state index contributed by atoms with van der Waals surface area (Å²) < 4.78 is 26.2. The van der Waals surface area contributed by atoms with Gasteiger partial charge in [0, 0.05) is 11.1 Å². The van der Waals surface area contributed by atoms with Gasteiger partial charge >= 0.3 is 4.87 Å². The van der Waals surface area contributed by atoms with Crippen LogP contribution in [0.5, 0.6) is 0 Å². The van der Waals surface area contributed by atoms with Crippen molar-refractivity contribution >= 4 is 37.8 Å². The van der Waals surface area contributed by atoms with Crippen molar-refractivity contribution in [2.24, 2.45) is 0 Å². The van der Waals surface area contributed by atoms with E-state index in [2.05, 4.69) is 14.7 Å². The summed E-state index contributed by atoms with van der Waals surface area (Å²) in [5, 5.41) is 2.03. The van der Waals surface area contributed by atoms with Crippen LogP contribution in [0, 0.1) is 13.8 Å². The minimum Gasteiger partial charge on any atom is -0.315 e. The summed E-state index contributed by atoms with van der Waals surface area (Å²) in [6.07, 6.45) is 0. The largest absolute Gasteiger partial charge is 0.315 e. The Kier molecular flexibility index (Phi) is 3.06. The first kappa shape index (κ1) is 12.3. The highest BCUT2D eigenvalue weighted by molar-refractivity contribution is 7.94. The predicted octanol–water partition coefficient (Wildman–Crippen LogP) is 1.31. The maximum absolute atomic E-state index is 12.0. The number of sulfonamides is 1. The van der Waals surface area contributed by atoms with Crippen LogP contribution in [0.25, 0.3) is 0 Å². The number of anilines is 1. The lowest BCUT2D eigenvalue weighted by Crippen LogP contribution is -2.12. The molecule has 0 aromatic carbocycles. The molecule has 2 N–H and O–H groups in total. The fraction of sp³-hybridized carbons (Fsp3) is 0.250. The van der Waals surface area contributed by atoms with Crippen LogP contribution in [0.15, 0.2) is 14.4 Å². The molecular weight excluding hydrogens is 282 g/mol. The van der Waals surface area contributed by atoms with Crippen LogP contribution >= 0.6 is 22.7 Å². The summed E-state index contributed by atoms with van der Waals surface area (Å²) >= 11 is 1.86. The van der Waals surface area contributed by atoms with Gasteiger partial charge in [0.25, 0.3) is 10.0 Å². The van der Waals surface area contributed by atoms with Gasteiger partial charge in [0.1, 0.15) is 0 Å². The van der Waals surface area contributed by atoms with Crippen molar-refractivity contribution in [3.63, 3.8) is 0 Å². The number of aromatic amines is 1. The fourth-order valence-electron chi connectivity index (χ4n) is 1.21. The van der Waals surface area contributed by atoms with Gasteiger partial charge in [-0.3, -0.25) is 9.52 Å². The van der Waals surface area contributed by atoms with Gasteiger partial charge < -0.3 is 4.98 Å². The van der Waals surface area contributed by atoms with E-state index in [1.165, 1.54) is 11.3 Å². The second kappa shape index (κ2) is 4.24. The average Bonchev–Trinajstić information content (AvgIpc) is 2.72. The van der Waals surface area contributed by atoms with Gasteiger partial charge in [-0.1, -0.05) is 11.3 Å². The van der Waals surface area contributed by atoms with Crippen molar-refractivity contribution in [1.29, 1.82) is 0 Å². The molecule has 0 fully saturated rings. The van der Waals surface area contributed by atoms with E-state index < -0.39 is 14.9 Å². The van der Waals surface area contributed by atoms with Crippen molar-refractivity contribution in [1.82, 2.24) is 9.97 Å². The number of nitrogens with one attached hydrogen (secondary N) is 2. The molecule has 0 amide bonds. The highest BCUT2D eigenvalue weighted by atomic mass is 32.2. The minimum atomic E-state index is -3.72. The van der Waals surface area contributed by atoms with Crippen molar-refractivity contribution in [2.75, 3.05) is 4.72 Å². The first-order valence-corrected chi connectivity index (χ1v) is 7.71. The van der Waals surface area contributed by atoms with Gasteiger partial charge in [-0.2, -0.15) is 0 Å². The van der Waals surface area contributed by atoms with Gasteiger partial charge in [0.2, 0.25) is 0 Å². The lowest BCUT2D eigenvalue weighted by atomic mass is 10.6. The maximum atomic E-state index is 12.0. The third-order valence-corrected chi connectivity index (χ3v) is 5.81. The van der Waals surface area contributed by atoms with Crippen LogP contribution in [0.4, 0.5) is 5.13 Å². The molecule has 9 heteroatoms. The first-order valence-electron chi connectivity index (χ1n) is 4.53. The number of rotatable bonds is 3. The molecular formula is C8H9N3O3S3. The van der Waals surface area contributed by atoms with Crippen LogP contribution < -0.4 is 9.60 Å². The first-order chi connectivity index (χ1) is 7.88. The van der Waals surface area contributed by atoms with Gasteiger partial charge in [0.05, 0.1) is 5.69 Å². The van der Waals surface area contributed by atoms with Crippen molar-refractivity contribution in [3.8, 4) is 0 Å².